The minimum atomic E-state index is 0. The molecule has 1 rings (SSSR count). The summed E-state index contributed by atoms with van der Waals surface area (Å²) in [5.41, 5.74) is 8.16. The zero-order chi connectivity index (χ0) is 14.1. The van der Waals surface area contributed by atoms with Crippen molar-refractivity contribution in [2.24, 2.45) is 16.6 Å². The largest absolute Gasteiger partial charge is 0.377 e. The van der Waals surface area contributed by atoms with Gasteiger partial charge in [0.05, 0.1) is 13.2 Å². The molecular weight excluding hydrogens is 365 g/mol. The second-order valence-corrected chi connectivity index (χ2v) is 4.88. The maximum Gasteiger partial charge on any atom is 0.188 e. The Hall–Kier alpha value is -0.820. The van der Waals surface area contributed by atoms with Crippen molar-refractivity contribution in [2.45, 2.75) is 33.9 Å². The number of ether oxygens (including phenoxy) is 1. The molecule has 0 saturated heterocycles. The molecule has 0 fully saturated rings. The van der Waals surface area contributed by atoms with Gasteiger partial charge in [-0.3, -0.25) is 0 Å². The molecular formula is C15H26IN3O. The smallest absolute Gasteiger partial charge is 0.188 e. The second kappa shape index (κ2) is 10.9. The van der Waals surface area contributed by atoms with Gasteiger partial charge < -0.3 is 15.8 Å². The third-order valence-corrected chi connectivity index (χ3v) is 2.69. The van der Waals surface area contributed by atoms with Crippen LogP contribution in [0.5, 0.6) is 0 Å². The van der Waals surface area contributed by atoms with E-state index in [9.17, 15) is 0 Å². The van der Waals surface area contributed by atoms with E-state index in [1.165, 1.54) is 5.56 Å². The molecule has 0 unspecified atom stereocenters. The predicted molar refractivity (Wildman–Crippen MR) is 95.4 cm³/mol. The van der Waals surface area contributed by atoms with E-state index in [1.54, 1.807) is 0 Å². The lowest BCUT2D eigenvalue weighted by atomic mass is 10.1. The Bertz CT molecular complexity index is 408. The van der Waals surface area contributed by atoms with Crippen molar-refractivity contribution in [2.75, 3.05) is 13.2 Å². The van der Waals surface area contributed by atoms with Crippen molar-refractivity contribution in [1.29, 1.82) is 0 Å². The number of rotatable bonds is 7. The molecule has 0 aliphatic carbocycles. The van der Waals surface area contributed by atoms with Crippen LogP contribution in [0.4, 0.5) is 0 Å². The molecule has 0 atom stereocenters. The molecule has 0 saturated carbocycles. The first-order valence-electron chi connectivity index (χ1n) is 6.81. The van der Waals surface area contributed by atoms with Gasteiger partial charge in [0.15, 0.2) is 5.96 Å². The monoisotopic (exact) mass is 391 g/mol. The third kappa shape index (κ3) is 7.69. The molecule has 20 heavy (non-hydrogen) atoms. The highest BCUT2D eigenvalue weighted by molar-refractivity contribution is 14.0. The van der Waals surface area contributed by atoms with Crippen LogP contribution in [0, 0.1) is 5.92 Å². The number of benzene rings is 1. The number of halogens is 1. The van der Waals surface area contributed by atoms with Crippen LogP contribution in [0.2, 0.25) is 0 Å². The van der Waals surface area contributed by atoms with Gasteiger partial charge >= 0.3 is 0 Å². The highest BCUT2D eigenvalue weighted by atomic mass is 127. The van der Waals surface area contributed by atoms with Crippen molar-refractivity contribution in [3.8, 4) is 0 Å². The Labute approximate surface area is 139 Å². The van der Waals surface area contributed by atoms with Gasteiger partial charge in [0.2, 0.25) is 0 Å². The molecule has 0 aliphatic heterocycles. The molecule has 0 radical (unpaired) electrons. The van der Waals surface area contributed by atoms with Crippen LogP contribution in [-0.2, 0) is 17.9 Å². The number of nitrogens with two attached hydrogens (primary N) is 1. The lowest BCUT2D eigenvalue weighted by Crippen LogP contribution is -2.34. The van der Waals surface area contributed by atoms with Crippen LogP contribution in [0.25, 0.3) is 0 Å². The first-order chi connectivity index (χ1) is 9.13. The van der Waals surface area contributed by atoms with Crippen LogP contribution < -0.4 is 11.1 Å². The van der Waals surface area contributed by atoms with Crippen molar-refractivity contribution in [1.82, 2.24) is 5.32 Å². The van der Waals surface area contributed by atoms with E-state index >= 15 is 0 Å². The Morgan fingerprint density at radius 3 is 2.55 bits per heavy atom. The van der Waals surface area contributed by atoms with Gasteiger partial charge in [0.25, 0.3) is 0 Å². The predicted octanol–water partition coefficient (Wildman–Crippen LogP) is 2.90. The van der Waals surface area contributed by atoms with Gasteiger partial charge in [-0.25, -0.2) is 4.99 Å². The Kier molecular flexibility index (Phi) is 10.5. The molecule has 1 aromatic rings. The Balaban J connectivity index is 0.00000361. The van der Waals surface area contributed by atoms with Gasteiger partial charge in [-0.05, 0) is 24.0 Å². The molecule has 4 nitrogen and oxygen atoms in total. The molecule has 0 bridgehead atoms. The van der Waals surface area contributed by atoms with Crippen LogP contribution in [0.3, 0.4) is 0 Å². The van der Waals surface area contributed by atoms with Crippen LogP contribution in [-0.4, -0.2) is 19.1 Å². The standard InChI is InChI=1S/C15H25N3O.HI/c1-4-19-11-14-8-6-5-7-13(14)10-18-15(16)17-9-12(2)3;/h5-8,12H,4,9-11H2,1-3H3,(H3,16,17,18);1H. The summed E-state index contributed by atoms with van der Waals surface area (Å²) < 4.78 is 5.45. The van der Waals surface area contributed by atoms with E-state index in [0.29, 0.717) is 25.0 Å². The SMILES string of the molecule is CCOCc1ccccc1CN=C(N)NCC(C)C.I. The van der Waals surface area contributed by atoms with E-state index in [2.05, 4.69) is 36.3 Å². The van der Waals surface area contributed by atoms with Gasteiger partial charge in [-0.1, -0.05) is 38.1 Å². The van der Waals surface area contributed by atoms with Gasteiger partial charge in [0, 0.05) is 13.2 Å². The molecule has 0 amide bonds. The fourth-order valence-electron chi connectivity index (χ4n) is 1.60. The van der Waals surface area contributed by atoms with E-state index in [0.717, 1.165) is 18.7 Å². The van der Waals surface area contributed by atoms with Crippen LogP contribution in [0.1, 0.15) is 31.9 Å². The first-order valence-corrected chi connectivity index (χ1v) is 6.81. The number of aliphatic imine (C=N–C) groups is 1. The minimum Gasteiger partial charge on any atom is -0.377 e. The van der Waals surface area contributed by atoms with E-state index in [4.69, 9.17) is 10.5 Å². The second-order valence-electron chi connectivity index (χ2n) is 4.88. The number of nitrogens with zero attached hydrogens (tertiary/aromatic N) is 1. The topological polar surface area (TPSA) is 59.6 Å². The quantitative estimate of drug-likeness (QED) is 0.427. The number of guanidine groups is 1. The molecule has 3 N–H and O–H groups in total. The van der Waals surface area contributed by atoms with Gasteiger partial charge in [-0.15, -0.1) is 24.0 Å². The van der Waals surface area contributed by atoms with E-state index in [1.807, 2.05) is 19.1 Å². The highest BCUT2D eigenvalue weighted by Crippen LogP contribution is 2.11. The third-order valence-electron chi connectivity index (χ3n) is 2.69. The lowest BCUT2D eigenvalue weighted by molar-refractivity contribution is 0.133. The molecule has 0 aromatic heterocycles. The maximum absolute atomic E-state index is 5.83. The summed E-state index contributed by atoms with van der Waals surface area (Å²) in [6.07, 6.45) is 0. The summed E-state index contributed by atoms with van der Waals surface area (Å²) in [7, 11) is 0. The molecule has 1 aromatic carbocycles. The van der Waals surface area contributed by atoms with Gasteiger partial charge in [0.1, 0.15) is 0 Å². The van der Waals surface area contributed by atoms with Crippen LogP contribution in [0.15, 0.2) is 29.3 Å². The van der Waals surface area contributed by atoms with Crippen LogP contribution >= 0.6 is 24.0 Å². The maximum atomic E-state index is 5.83. The van der Waals surface area contributed by atoms with E-state index in [-0.39, 0.29) is 24.0 Å². The minimum absolute atomic E-state index is 0. The Morgan fingerprint density at radius 2 is 1.95 bits per heavy atom. The summed E-state index contributed by atoms with van der Waals surface area (Å²) in [5.74, 6) is 1.05. The number of hydrogen-bond acceptors (Lipinski definition) is 2. The fourth-order valence-corrected chi connectivity index (χ4v) is 1.60. The summed E-state index contributed by atoms with van der Waals surface area (Å²) >= 11 is 0. The molecule has 114 valence electrons. The van der Waals surface area contributed by atoms with E-state index < -0.39 is 0 Å². The normalized spacial score (nSPS) is 11.3. The summed E-state index contributed by atoms with van der Waals surface area (Å²) in [6.45, 7) is 9.04. The average Bonchev–Trinajstić information content (AvgIpc) is 2.41. The van der Waals surface area contributed by atoms with Crippen molar-refractivity contribution in [3.63, 3.8) is 0 Å². The Morgan fingerprint density at radius 1 is 1.30 bits per heavy atom. The highest BCUT2D eigenvalue weighted by Gasteiger charge is 2.01. The van der Waals surface area contributed by atoms with Gasteiger partial charge in [-0.2, -0.15) is 0 Å². The molecule has 0 spiro atoms. The average molecular weight is 391 g/mol. The zero-order valence-electron chi connectivity index (χ0n) is 12.6. The summed E-state index contributed by atoms with van der Waals surface area (Å²) in [6, 6.07) is 8.16. The molecule has 0 heterocycles. The van der Waals surface area contributed by atoms with Crippen molar-refractivity contribution >= 4 is 29.9 Å². The summed E-state index contributed by atoms with van der Waals surface area (Å²) in [4.78, 5) is 4.36. The number of nitrogens with one attached hydrogen (secondary N) is 1. The summed E-state index contributed by atoms with van der Waals surface area (Å²) in [5, 5.41) is 3.11. The number of hydrogen-bond donors (Lipinski definition) is 2. The van der Waals surface area contributed by atoms with Crippen molar-refractivity contribution < 1.29 is 4.74 Å². The zero-order valence-corrected chi connectivity index (χ0v) is 14.9. The van der Waals surface area contributed by atoms with Crippen molar-refractivity contribution in [3.05, 3.63) is 35.4 Å². The first kappa shape index (κ1) is 19.2. The fraction of sp³-hybridized carbons (Fsp3) is 0.533. The lowest BCUT2D eigenvalue weighted by Gasteiger charge is -2.10. The molecule has 0 aliphatic rings. The molecule has 5 heteroatoms.